The van der Waals surface area contributed by atoms with E-state index in [2.05, 4.69) is 45.1 Å². The number of anilines is 2. The van der Waals surface area contributed by atoms with Gasteiger partial charge in [0.2, 0.25) is 11.9 Å². The number of rotatable bonds is 7. The molecule has 5 heterocycles. The molecule has 2 aromatic carbocycles. The minimum Gasteiger partial charge on any atom is -0.481 e. The van der Waals surface area contributed by atoms with Crippen LogP contribution in [-0.2, 0) is 4.79 Å². The number of ether oxygens (including phenoxy) is 1. The Balaban J connectivity index is 1.41. The number of aromatic nitrogens is 4. The average Bonchev–Trinajstić information content (AvgIpc) is 3.44. The molecule has 3 saturated heterocycles. The molecule has 0 radical (unpaired) electrons. The van der Waals surface area contributed by atoms with Gasteiger partial charge in [-0.25, -0.2) is 4.98 Å². The van der Waals surface area contributed by atoms with E-state index in [0.717, 1.165) is 55.4 Å². The van der Waals surface area contributed by atoms with Gasteiger partial charge in [-0.05, 0) is 74.7 Å². The Kier molecular flexibility index (Phi) is 8.50. The van der Waals surface area contributed by atoms with Gasteiger partial charge in [0, 0.05) is 67.6 Å². The number of carbonyl (C=O) groups is 1. The van der Waals surface area contributed by atoms with Crippen LogP contribution in [0.25, 0.3) is 39.0 Å². The third-order valence-electron chi connectivity index (χ3n) is 10.3. The number of aryl methyl sites for hydroxylation is 1. The molecule has 258 valence electrons. The van der Waals surface area contributed by atoms with Gasteiger partial charge < -0.3 is 24.3 Å². The number of piperidine rings is 1. The fourth-order valence-corrected chi connectivity index (χ4v) is 7.59. The van der Waals surface area contributed by atoms with Crippen molar-refractivity contribution in [1.82, 2.24) is 30.0 Å². The molecule has 3 aliphatic rings. The number of hydrogen-bond acceptors (Lipinski definition) is 8. The van der Waals surface area contributed by atoms with E-state index in [1.807, 2.05) is 30.0 Å². The van der Waals surface area contributed by atoms with Crippen LogP contribution in [0.5, 0.6) is 5.75 Å². The molecule has 4 aromatic rings. The second kappa shape index (κ2) is 12.7. The average molecular weight is 675 g/mol. The summed E-state index contributed by atoms with van der Waals surface area (Å²) < 4.78 is 47.6. The molecule has 10 nitrogen and oxygen atoms in total. The molecule has 0 saturated carbocycles. The lowest BCUT2D eigenvalue weighted by Crippen LogP contribution is -2.61. The Hall–Kier alpha value is -4.65. The highest BCUT2D eigenvalue weighted by molar-refractivity contribution is 6.07. The quantitative estimate of drug-likeness (QED) is 0.245. The van der Waals surface area contributed by atoms with Crippen molar-refractivity contribution in [1.29, 1.82) is 0 Å². The number of aromatic amines is 1. The van der Waals surface area contributed by atoms with E-state index in [9.17, 15) is 18.0 Å². The van der Waals surface area contributed by atoms with E-state index in [1.54, 1.807) is 12.3 Å². The Morgan fingerprint density at radius 1 is 1.02 bits per heavy atom. The van der Waals surface area contributed by atoms with Crippen molar-refractivity contribution < 1.29 is 22.7 Å². The molecule has 0 unspecified atom stereocenters. The highest BCUT2D eigenvalue weighted by Gasteiger charge is 2.46. The van der Waals surface area contributed by atoms with Crippen molar-refractivity contribution in [2.45, 2.75) is 32.4 Å². The topological polar surface area (TPSA) is 93.7 Å². The van der Waals surface area contributed by atoms with Gasteiger partial charge >= 0.3 is 6.18 Å². The predicted molar refractivity (Wildman–Crippen MR) is 186 cm³/mol. The summed E-state index contributed by atoms with van der Waals surface area (Å²) in [6.07, 6.45) is 2.73. The summed E-state index contributed by atoms with van der Waals surface area (Å²) in [5.41, 5.74) is 3.78. The number of nitrogens with zero attached hydrogens (tertiary/aromatic N) is 7. The minimum atomic E-state index is -4.58. The minimum absolute atomic E-state index is 0.0391. The van der Waals surface area contributed by atoms with E-state index >= 15 is 0 Å². The number of amides is 1. The van der Waals surface area contributed by atoms with E-state index in [0.29, 0.717) is 72.1 Å². The van der Waals surface area contributed by atoms with E-state index in [-0.39, 0.29) is 17.1 Å². The van der Waals surface area contributed by atoms with E-state index in [1.165, 1.54) is 6.08 Å². The largest absolute Gasteiger partial charge is 0.481 e. The smallest absolute Gasteiger partial charge is 0.422 e. The third kappa shape index (κ3) is 6.20. The summed E-state index contributed by atoms with van der Waals surface area (Å²) in [5, 5.41) is 8.58. The second-order valence-electron chi connectivity index (χ2n) is 13.6. The molecular formula is C36H41F3N8O2. The van der Waals surface area contributed by atoms with Gasteiger partial charge in [-0.1, -0.05) is 25.3 Å². The molecule has 3 fully saturated rings. The van der Waals surface area contributed by atoms with Crippen LogP contribution in [-0.4, -0.2) is 108 Å². The zero-order valence-electron chi connectivity index (χ0n) is 27.9. The number of nitrogens with one attached hydrogen (secondary N) is 1. The summed E-state index contributed by atoms with van der Waals surface area (Å²) in [6, 6.07) is 5.75. The van der Waals surface area contributed by atoms with Crippen molar-refractivity contribution >= 4 is 45.6 Å². The number of likely N-dealkylation sites (tertiary alicyclic amines) is 1. The van der Waals surface area contributed by atoms with Crippen molar-refractivity contribution in [2.75, 3.05) is 75.8 Å². The van der Waals surface area contributed by atoms with Gasteiger partial charge in [0.1, 0.15) is 11.3 Å². The number of fused-ring (bicyclic) bond motifs is 2. The van der Waals surface area contributed by atoms with Crippen molar-refractivity contribution in [3.8, 4) is 16.9 Å². The summed E-state index contributed by atoms with van der Waals surface area (Å²) >= 11 is 0. The van der Waals surface area contributed by atoms with Crippen LogP contribution in [0.3, 0.4) is 0 Å². The highest BCUT2D eigenvalue weighted by Crippen LogP contribution is 2.48. The number of likely N-dealkylation sites (N-methyl/N-ethyl adjacent to an activating group) is 1. The van der Waals surface area contributed by atoms with E-state index in [4.69, 9.17) is 14.7 Å². The molecular weight excluding hydrogens is 633 g/mol. The number of halogens is 3. The van der Waals surface area contributed by atoms with Crippen LogP contribution in [0.2, 0.25) is 0 Å². The first-order valence-electron chi connectivity index (χ1n) is 16.7. The lowest BCUT2D eigenvalue weighted by Gasteiger charge is -2.54. The highest BCUT2D eigenvalue weighted by atomic mass is 19.4. The first kappa shape index (κ1) is 32.9. The predicted octanol–water partition coefficient (Wildman–Crippen LogP) is 5.82. The Bertz CT molecular complexity index is 1920. The molecule has 1 N–H and O–H groups in total. The molecule has 7 rings (SSSR count). The molecule has 1 spiro atoms. The van der Waals surface area contributed by atoms with Crippen LogP contribution < -0.4 is 14.5 Å². The fourth-order valence-electron chi connectivity index (χ4n) is 7.59. The molecule has 1 amide bonds. The number of carbonyl (C=O) groups excluding carboxylic acids is 1. The molecule has 49 heavy (non-hydrogen) atoms. The van der Waals surface area contributed by atoms with Crippen molar-refractivity contribution in [3.63, 3.8) is 0 Å². The standard InChI is InChI=1S/C36H41F3N8O2/c1-5-24-18-25-31(32(49-22-36(37,38)39)30(24)29-23(3)8-9-27-26(29)19-40-43-27)41-34(46-13-7-12-44(4)16-17-46)42-33(25)45-14-10-35(11-15-45)20-47(21-35)28(48)6-2/h5-6,8-9,18-19H,1-2,7,10-17,20-22H2,3-4H3,(H,40,43). The zero-order chi connectivity index (χ0) is 34.5. The van der Waals surface area contributed by atoms with Crippen LogP contribution in [0, 0.1) is 12.3 Å². The summed E-state index contributed by atoms with van der Waals surface area (Å²) in [5.74, 6) is 1.12. The first-order chi connectivity index (χ1) is 23.5. The lowest BCUT2D eigenvalue weighted by atomic mass is 9.72. The maximum Gasteiger partial charge on any atom is 0.422 e. The van der Waals surface area contributed by atoms with Crippen LogP contribution in [0.15, 0.2) is 43.6 Å². The summed E-state index contributed by atoms with van der Waals surface area (Å²) in [6.45, 7) is 14.0. The summed E-state index contributed by atoms with van der Waals surface area (Å²) in [7, 11) is 2.08. The van der Waals surface area contributed by atoms with Crippen molar-refractivity contribution in [2.24, 2.45) is 5.41 Å². The van der Waals surface area contributed by atoms with Gasteiger partial charge in [-0.2, -0.15) is 23.3 Å². The van der Waals surface area contributed by atoms with Gasteiger partial charge in [-0.15, -0.1) is 0 Å². The normalized spacial score (nSPS) is 18.5. The van der Waals surface area contributed by atoms with Crippen LogP contribution in [0.1, 0.15) is 30.4 Å². The Morgan fingerprint density at radius 2 is 1.80 bits per heavy atom. The van der Waals surface area contributed by atoms with Gasteiger partial charge in [0.05, 0.1) is 11.7 Å². The molecule has 0 atom stereocenters. The molecule has 13 heteroatoms. The Labute approximate surface area is 283 Å². The number of hydrogen-bond donors (Lipinski definition) is 1. The molecule has 0 bridgehead atoms. The van der Waals surface area contributed by atoms with Crippen LogP contribution in [0.4, 0.5) is 24.9 Å². The van der Waals surface area contributed by atoms with Crippen LogP contribution >= 0.6 is 0 Å². The van der Waals surface area contributed by atoms with Gasteiger partial charge in [-0.3, -0.25) is 9.89 Å². The maximum atomic E-state index is 13.9. The molecule has 2 aromatic heterocycles. The third-order valence-corrected chi connectivity index (χ3v) is 10.3. The Morgan fingerprint density at radius 3 is 2.51 bits per heavy atom. The van der Waals surface area contributed by atoms with Crippen molar-refractivity contribution in [3.05, 3.63) is 54.8 Å². The number of benzene rings is 2. The molecule has 3 aliphatic heterocycles. The SMILES string of the molecule is C=CC(=O)N1CC2(CCN(c3nc(N4CCCN(C)CC4)nc4c(OCC(F)(F)F)c(-c5c(C)ccc6[nH]ncc56)c(C=C)cc34)CC2)C1. The first-order valence-corrected chi connectivity index (χ1v) is 16.7. The molecule has 0 aliphatic carbocycles. The second-order valence-corrected chi connectivity index (χ2v) is 13.6. The van der Waals surface area contributed by atoms with Gasteiger partial charge in [0.25, 0.3) is 0 Å². The lowest BCUT2D eigenvalue weighted by molar-refractivity contribution is -0.153. The van der Waals surface area contributed by atoms with E-state index < -0.39 is 12.8 Å². The number of H-pyrrole nitrogens is 1. The summed E-state index contributed by atoms with van der Waals surface area (Å²) in [4.78, 5) is 30.8. The van der Waals surface area contributed by atoms with Gasteiger partial charge in [0.15, 0.2) is 12.4 Å². The fraction of sp³-hybridized carbons (Fsp3) is 0.444. The monoisotopic (exact) mass is 674 g/mol. The maximum absolute atomic E-state index is 13.9. The zero-order valence-corrected chi connectivity index (χ0v) is 27.9. The number of alkyl halides is 3.